The number of nitriles is 1. The van der Waals surface area contributed by atoms with E-state index in [1.54, 1.807) is 24.3 Å². The van der Waals surface area contributed by atoms with E-state index < -0.39 is 0 Å². The highest BCUT2D eigenvalue weighted by atomic mass is 16.5. The number of para-hydroxylation sites is 1. The van der Waals surface area contributed by atoms with Gasteiger partial charge in [0.25, 0.3) is 5.91 Å². The van der Waals surface area contributed by atoms with Crippen molar-refractivity contribution in [3.8, 4) is 11.8 Å². The van der Waals surface area contributed by atoms with Crippen LogP contribution in [0.5, 0.6) is 5.75 Å². The first-order valence-electron chi connectivity index (χ1n) is 7.42. The fourth-order valence-electron chi connectivity index (χ4n) is 2.08. The lowest BCUT2D eigenvalue weighted by Gasteiger charge is -2.19. The molecule has 0 aromatic heterocycles. The van der Waals surface area contributed by atoms with Crippen LogP contribution in [0.4, 0.5) is 5.69 Å². The Morgan fingerprint density at radius 2 is 1.91 bits per heavy atom. The van der Waals surface area contributed by atoms with Crippen LogP contribution < -0.4 is 10.1 Å². The molecule has 0 spiro atoms. The van der Waals surface area contributed by atoms with Gasteiger partial charge in [-0.15, -0.1) is 0 Å². The molecule has 4 nitrogen and oxygen atoms in total. The average Bonchev–Trinajstić information content (AvgIpc) is 2.53. The normalized spacial score (nSPS) is 10.7. The van der Waals surface area contributed by atoms with Crippen LogP contribution in [0.15, 0.2) is 48.5 Å². The second-order valence-corrected chi connectivity index (χ2v) is 6.27. The number of nitrogens with zero attached hydrogens (tertiary/aromatic N) is 1. The van der Waals surface area contributed by atoms with E-state index in [1.165, 1.54) is 0 Å². The number of carbonyl (C=O) groups excluding carboxylic acids is 1. The zero-order valence-electron chi connectivity index (χ0n) is 13.6. The van der Waals surface area contributed by atoms with Gasteiger partial charge in [0.05, 0.1) is 11.3 Å². The van der Waals surface area contributed by atoms with Crippen molar-refractivity contribution in [2.45, 2.75) is 26.2 Å². The minimum absolute atomic E-state index is 0.0212. The number of hydrogen-bond acceptors (Lipinski definition) is 3. The van der Waals surface area contributed by atoms with Gasteiger partial charge in [-0.05, 0) is 35.2 Å². The van der Waals surface area contributed by atoms with E-state index in [0.29, 0.717) is 17.0 Å². The van der Waals surface area contributed by atoms with Crippen LogP contribution in [0.2, 0.25) is 0 Å². The first-order chi connectivity index (χ1) is 10.9. The molecule has 0 saturated carbocycles. The minimum Gasteiger partial charge on any atom is -0.484 e. The highest BCUT2D eigenvalue weighted by Gasteiger charge is 2.14. The molecule has 0 atom stereocenters. The Kier molecular flexibility index (Phi) is 5.02. The summed E-state index contributed by atoms with van der Waals surface area (Å²) in [5, 5.41) is 11.7. The third kappa shape index (κ3) is 4.58. The van der Waals surface area contributed by atoms with Gasteiger partial charge in [-0.1, -0.05) is 45.0 Å². The van der Waals surface area contributed by atoms with Crippen LogP contribution >= 0.6 is 0 Å². The van der Waals surface area contributed by atoms with Crippen molar-refractivity contribution < 1.29 is 9.53 Å². The molecular weight excluding hydrogens is 288 g/mol. The Morgan fingerprint density at radius 3 is 2.61 bits per heavy atom. The summed E-state index contributed by atoms with van der Waals surface area (Å²) >= 11 is 0. The number of carbonyl (C=O) groups is 1. The van der Waals surface area contributed by atoms with Crippen molar-refractivity contribution >= 4 is 11.6 Å². The van der Waals surface area contributed by atoms with E-state index in [2.05, 4.69) is 26.1 Å². The largest absolute Gasteiger partial charge is 0.484 e. The van der Waals surface area contributed by atoms with Gasteiger partial charge in [0.2, 0.25) is 0 Å². The lowest BCUT2D eigenvalue weighted by Crippen LogP contribution is -2.21. The van der Waals surface area contributed by atoms with Crippen LogP contribution in [0.3, 0.4) is 0 Å². The Morgan fingerprint density at radius 1 is 1.17 bits per heavy atom. The molecule has 2 aromatic carbocycles. The third-order valence-electron chi connectivity index (χ3n) is 3.39. The summed E-state index contributed by atoms with van der Waals surface area (Å²) in [6.07, 6.45) is 0. The van der Waals surface area contributed by atoms with E-state index in [-0.39, 0.29) is 17.9 Å². The molecule has 1 N–H and O–H groups in total. The van der Waals surface area contributed by atoms with Gasteiger partial charge in [-0.3, -0.25) is 4.79 Å². The zero-order valence-corrected chi connectivity index (χ0v) is 13.6. The van der Waals surface area contributed by atoms with Gasteiger partial charge in [-0.25, -0.2) is 0 Å². The monoisotopic (exact) mass is 308 g/mol. The number of rotatable bonds is 4. The molecule has 0 aliphatic carbocycles. The number of hydrogen-bond donors (Lipinski definition) is 1. The molecule has 0 heterocycles. The fraction of sp³-hybridized carbons (Fsp3) is 0.263. The Labute approximate surface area is 136 Å². The standard InChI is InChI=1S/C19H20N2O2/c1-19(2,3)15-8-6-9-16(11-15)23-13-18(22)21-17-10-5-4-7-14(17)12-20/h4-11H,13H2,1-3H3,(H,21,22). The SMILES string of the molecule is CC(C)(C)c1cccc(OCC(=O)Nc2ccccc2C#N)c1. The lowest BCUT2D eigenvalue weighted by molar-refractivity contribution is -0.118. The summed E-state index contributed by atoms with van der Waals surface area (Å²) in [6.45, 7) is 6.26. The van der Waals surface area contributed by atoms with Crippen molar-refractivity contribution in [3.63, 3.8) is 0 Å². The van der Waals surface area contributed by atoms with Crippen molar-refractivity contribution in [1.29, 1.82) is 5.26 Å². The molecule has 2 rings (SSSR count). The van der Waals surface area contributed by atoms with Crippen LogP contribution in [0.1, 0.15) is 31.9 Å². The molecule has 23 heavy (non-hydrogen) atoms. The maximum Gasteiger partial charge on any atom is 0.262 e. The van der Waals surface area contributed by atoms with Crippen molar-refractivity contribution in [1.82, 2.24) is 0 Å². The summed E-state index contributed by atoms with van der Waals surface area (Å²) < 4.78 is 5.55. The van der Waals surface area contributed by atoms with Crippen LogP contribution in [-0.4, -0.2) is 12.5 Å². The average molecular weight is 308 g/mol. The molecule has 0 bridgehead atoms. The van der Waals surface area contributed by atoms with Gasteiger partial charge in [-0.2, -0.15) is 5.26 Å². The smallest absolute Gasteiger partial charge is 0.262 e. The predicted octanol–water partition coefficient (Wildman–Crippen LogP) is 3.87. The molecule has 0 fully saturated rings. The molecule has 4 heteroatoms. The second kappa shape index (κ2) is 6.97. The van der Waals surface area contributed by atoms with Crippen LogP contribution in [-0.2, 0) is 10.2 Å². The lowest BCUT2D eigenvalue weighted by atomic mass is 9.87. The summed E-state index contributed by atoms with van der Waals surface area (Å²) in [6, 6.07) is 16.6. The van der Waals surface area contributed by atoms with Gasteiger partial charge in [0.15, 0.2) is 6.61 Å². The fourth-order valence-corrected chi connectivity index (χ4v) is 2.08. The zero-order chi connectivity index (χ0) is 16.9. The van der Waals surface area contributed by atoms with E-state index in [4.69, 9.17) is 10.00 Å². The van der Waals surface area contributed by atoms with Gasteiger partial charge < -0.3 is 10.1 Å². The Balaban J connectivity index is 1.99. The first-order valence-corrected chi connectivity index (χ1v) is 7.42. The predicted molar refractivity (Wildman–Crippen MR) is 90.4 cm³/mol. The van der Waals surface area contributed by atoms with Gasteiger partial charge in [0.1, 0.15) is 11.8 Å². The van der Waals surface area contributed by atoms with Gasteiger partial charge in [0, 0.05) is 0 Å². The number of anilines is 1. The third-order valence-corrected chi connectivity index (χ3v) is 3.39. The highest BCUT2D eigenvalue weighted by molar-refractivity contribution is 5.93. The second-order valence-electron chi connectivity index (χ2n) is 6.27. The maximum absolute atomic E-state index is 12.0. The summed E-state index contributed by atoms with van der Waals surface area (Å²) in [7, 11) is 0. The number of nitrogens with one attached hydrogen (secondary N) is 1. The van der Waals surface area contributed by atoms with Crippen molar-refractivity contribution in [2.75, 3.05) is 11.9 Å². The topological polar surface area (TPSA) is 62.1 Å². The van der Waals surface area contributed by atoms with Crippen LogP contribution in [0, 0.1) is 11.3 Å². The summed E-state index contributed by atoms with van der Waals surface area (Å²) in [5.74, 6) is 0.356. The number of ether oxygens (including phenoxy) is 1. The Bertz CT molecular complexity index is 740. The van der Waals surface area contributed by atoms with E-state index >= 15 is 0 Å². The van der Waals surface area contributed by atoms with Crippen LogP contribution in [0.25, 0.3) is 0 Å². The molecule has 0 aliphatic heterocycles. The van der Waals surface area contributed by atoms with E-state index in [0.717, 1.165) is 5.56 Å². The number of amides is 1. The first kappa shape index (κ1) is 16.6. The summed E-state index contributed by atoms with van der Waals surface area (Å²) in [5.41, 5.74) is 2.08. The molecular formula is C19H20N2O2. The minimum atomic E-state index is -0.297. The molecule has 118 valence electrons. The van der Waals surface area contributed by atoms with Gasteiger partial charge >= 0.3 is 0 Å². The molecule has 0 unspecified atom stereocenters. The van der Waals surface area contributed by atoms with E-state index in [1.807, 2.05) is 30.3 Å². The highest BCUT2D eigenvalue weighted by Crippen LogP contribution is 2.25. The molecule has 0 saturated heterocycles. The molecule has 0 aliphatic rings. The number of benzene rings is 2. The molecule has 2 aromatic rings. The summed E-state index contributed by atoms with van der Waals surface area (Å²) in [4.78, 5) is 12.0. The van der Waals surface area contributed by atoms with Crippen molar-refractivity contribution in [2.24, 2.45) is 0 Å². The maximum atomic E-state index is 12.0. The Hall–Kier alpha value is -2.80. The quantitative estimate of drug-likeness (QED) is 0.932. The van der Waals surface area contributed by atoms with Crippen molar-refractivity contribution in [3.05, 3.63) is 59.7 Å². The molecule has 0 radical (unpaired) electrons. The van der Waals surface area contributed by atoms with E-state index in [9.17, 15) is 4.79 Å². The molecule has 1 amide bonds.